The fourth-order valence-corrected chi connectivity index (χ4v) is 7.67. The van der Waals surface area contributed by atoms with E-state index in [9.17, 15) is 31.9 Å². The van der Waals surface area contributed by atoms with Gasteiger partial charge < -0.3 is 19.9 Å². The minimum absolute atomic E-state index is 0.00412. The number of aromatic nitrogens is 5. The molecule has 3 heterocycles. The van der Waals surface area contributed by atoms with Crippen LogP contribution in [-0.2, 0) is 36.6 Å². The molecule has 18 heteroatoms. The van der Waals surface area contributed by atoms with Crippen LogP contribution in [0.4, 0.5) is 19.4 Å². The number of fused-ring (bicyclic) bond motifs is 2. The van der Waals surface area contributed by atoms with Gasteiger partial charge in [-0.1, -0.05) is 54.1 Å². The van der Waals surface area contributed by atoms with Crippen LogP contribution in [0, 0.1) is 11.6 Å². The van der Waals surface area contributed by atoms with E-state index in [1.807, 2.05) is 30.3 Å². The lowest BCUT2D eigenvalue weighted by atomic mass is 10.0. The minimum atomic E-state index is -4.01. The molecule has 0 spiro atoms. The Hall–Kier alpha value is -6.59. The third kappa shape index (κ3) is 8.26. The summed E-state index contributed by atoms with van der Waals surface area (Å²) in [6.07, 6.45) is -0.866. The van der Waals surface area contributed by atoms with Gasteiger partial charge in [-0.2, -0.15) is 10.1 Å². The molecule has 0 aliphatic rings. The van der Waals surface area contributed by atoms with E-state index >= 15 is 0 Å². The number of carbonyl (C=O) groups is 1. The summed E-state index contributed by atoms with van der Waals surface area (Å²) in [6.45, 7) is -0.000482. The number of nitrogens with zero attached hydrogens (tertiary/aromatic N) is 6. The fourth-order valence-electron chi connectivity index (χ4n) is 6.60. The number of halogens is 3. The van der Waals surface area contributed by atoms with Gasteiger partial charge in [0.2, 0.25) is 15.9 Å². The van der Waals surface area contributed by atoms with Crippen LogP contribution in [0.1, 0.15) is 28.6 Å². The van der Waals surface area contributed by atoms with Crippen LogP contribution in [0.3, 0.4) is 0 Å². The fraction of sp³-hybridized carbons (Fsp3) is 0.175. The van der Waals surface area contributed by atoms with Crippen molar-refractivity contribution in [2.45, 2.75) is 25.6 Å². The minimum Gasteiger partial charge on any atom is -0.497 e. The first kappa shape index (κ1) is 39.6. The van der Waals surface area contributed by atoms with Gasteiger partial charge in [0.1, 0.15) is 29.8 Å². The molecule has 0 aliphatic heterocycles. The summed E-state index contributed by atoms with van der Waals surface area (Å²) >= 11 is 6.83. The first-order valence-electron chi connectivity index (χ1n) is 17.5. The number of pyridine rings is 1. The molecule has 0 bridgehead atoms. The number of anilines is 1. The first-order chi connectivity index (χ1) is 27.7. The lowest BCUT2D eigenvalue weighted by Crippen LogP contribution is -2.35. The highest BCUT2D eigenvalue weighted by Crippen LogP contribution is 2.38. The van der Waals surface area contributed by atoms with Crippen LogP contribution in [-0.4, -0.2) is 57.3 Å². The van der Waals surface area contributed by atoms with Crippen molar-refractivity contribution in [2.24, 2.45) is 7.05 Å². The number of rotatable bonds is 13. The molecule has 7 rings (SSSR count). The van der Waals surface area contributed by atoms with E-state index in [2.05, 4.69) is 15.4 Å². The summed E-state index contributed by atoms with van der Waals surface area (Å²) in [7, 11) is -0.978. The second-order valence-corrected chi connectivity index (χ2v) is 15.6. The second-order valence-electron chi connectivity index (χ2n) is 13.2. The topological polar surface area (TPSA) is 171 Å². The third-order valence-corrected chi connectivity index (χ3v) is 10.6. The molecule has 7 aromatic rings. The summed E-state index contributed by atoms with van der Waals surface area (Å²) in [5.41, 5.74) is 0.943. The average Bonchev–Trinajstić information content (AvgIpc) is 3.53. The monoisotopic (exact) mass is 829 g/mol. The first-order valence-corrected chi connectivity index (χ1v) is 19.7. The third-order valence-electron chi connectivity index (χ3n) is 9.19. The van der Waals surface area contributed by atoms with E-state index in [-0.39, 0.29) is 75.3 Å². The van der Waals surface area contributed by atoms with E-state index in [0.717, 1.165) is 32.8 Å². The number of hydrogen-bond acceptors (Lipinski definition) is 9. The van der Waals surface area contributed by atoms with Gasteiger partial charge >= 0.3 is 6.09 Å². The van der Waals surface area contributed by atoms with Crippen LogP contribution in [0.5, 0.6) is 11.6 Å². The molecule has 14 nitrogen and oxygen atoms in total. The Balaban J connectivity index is 1.45. The zero-order valence-electron chi connectivity index (χ0n) is 31.1. The molecule has 4 aromatic carbocycles. The number of nitrogens with one attached hydrogen (secondary N) is 1. The van der Waals surface area contributed by atoms with Crippen LogP contribution in [0.15, 0.2) is 102 Å². The molecule has 0 fully saturated rings. The van der Waals surface area contributed by atoms with Crippen molar-refractivity contribution in [3.8, 4) is 17.3 Å². The number of hydrogen-bond donors (Lipinski definition) is 2. The number of sulfonamides is 1. The van der Waals surface area contributed by atoms with Gasteiger partial charge in [0.25, 0.3) is 5.56 Å². The van der Waals surface area contributed by atoms with Gasteiger partial charge in [-0.3, -0.25) is 14.0 Å². The van der Waals surface area contributed by atoms with E-state index < -0.39 is 39.4 Å². The molecular formula is C40H34ClF2N7O7S. The standard InChI is InChI=1S/C40H34ClF2N7O7S/c1-48-35-32(15-14-30(41)34(35)38(47-48)49(58(3,54)55)21-23-9-11-28(56-2)12-10-23)50-37(31(44-40(52)53)19-25-17-26(42)20-27(43)18-25)46-36-29(39(50)51)13-16-33(45-36)57-22-24-7-5-4-6-8-24/h4-18,20,31,44H,19,21-22H2,1-3H3,(H,52,53). The van der Waals surface area contributed by atoms with Gasteiger partial charge in [0, 0.05) is 25.6 Å². The number of methoxy groups -OCH3 is 1. The van der Waals surface area contributed by atoms with E-state index in [0.29, 0.717) is 17.4 Å². The average molecular weight is 830 g/mol. The van der Waals surface area contributed by atoms with E-state index in [1.54, 1.807) is 24.3 Å². The predicted octanol–water partition coefficient (Wildman–Crippen LogP) is 6.70. The molecule has 0 radical (unpaired) electrons. The Morgan fingerprint density at radius 2 is 1.66 bits per heavy atom. The lowest BCUT2D eigenvalue weighted by Gasteiger charge is -2.23. The van der Waals surface area contributed by atoms with E-state index in [1.165, 1.54) is 43.1 Å². The van der Waals surface area contributed by atoms with Gasteiger partial charge in [-0.15, -0.1) is 0 Å². The molecule has 298 valence electrons. The van der Waals surface area contributed by atoms with Crippen molar-refractivity contribution in [1.82, 2.24) is 29.6 Å². The van der Waals surface area contributed by atoms with Crippen molar-refractivity contribution >= 4 is 55.5 Å². The van der Waals surface area contributed by atoms with Gasteiger partial charge in [-0.25, -0.2) is 31.3 Å². The summed E-state index contributed by atoms with van der Waals surface area (Å²) in [6, 6.07) is 23.3. The molecule has 1 amide bonds. The molecule has 0 saturated carbocycles. The zero-order valence-corrected chi connectivity index (χ0v) is 32.6. The van der Waals surface area contributed by atoms with Crippen LogP contribution in [0.2, 0.25) is 5.02 Å². The SMILES string of the molecule is COc1ccc(CN(c2nn(C)c3c(-n4c(C(Cc5cc(F)cc(F)c5)NC(=O)O)nc5nc(OCc6ccccc6)ccc5c4=O)ccc(Cl)c23)S(C)(=O)=O)cc1. The van der Waals surface area contributed by atoms with Gasteiger partial charge in [0.15, 0.2) is 11.5 Å². The predicted molar refractivity (Wildman–Crippen MR) is 213 cm³/mol. The molecule has 1 unspecified atom stereocenters. The molecule has 58 heavy (non-hydrogen) atoms. The maximum atomic E-state index is 14.8. The smallest absolute Gasteiger partial charge is 0.405 e. The quantitative estimate of drug-likeness (QED) is 0.127. The number of carboxylic acid groups (broad SMARTS) is 1. The second kappa shape index (κ2) is 16.1. The Morgan fingerprint density at radius 3 is 2.31 bits per heavy atom. The largest absolute Gasteiger partial charge is 0.497 e. The Labute approximate surface area is 334 Å². The molecule has 0 saturated heterocycles. The van der Waals surface area contributed by atoms with Crippen LogP contribution in [0.25, 0.3) is 27.6 Å². The normalized spacial score (nSPS) is 12.1. The van der Waals surface area contributed by atoms with Crippen molar-refractivity contribution < 1.29 is 36.6 Å². The number of aryl methyl sites for hydroxylation is 1. The van der Waals surface area contributed by atoms with Gasteiger partial charge in [0.05, 0.1) is 53.0 Å². The Kier molecular flexibility index (Phi) is 11.0. The lowest BCUT2D eigenvalue weighted by molar-refractivity contribution is 0.189. The van der Waals surface area contributed by atoms with Gasteiger partial charge in [-0.05, 0) is 59.2 Å². The van der Waals surface area contributed by atoms with Crippen LogP contribution >= 0.6 is 11.6 Å². The number of ether oxygens (including phenoxy) is 2. The van der Waals surface area contributed by atoms with Crippen molar-refractivity contribution in [3.63, 3.8) is 0 Å². The van der Waals surface area contributed by atoms with Crippen LogP contribution < -0.4 is 24.7 Å². The van der Waals surface area contributed by atoms with Crippen molar-refractivity contribution in [3.05, 3.63) is 147 Å². The number of amides is 1. The molecular weight excluding hydrogens is 796 g/mol. The molecule has 3 aromatic heterocycles. The Morgan fingerprint density at radius 1 is 0.948 bits per heavy atom. The summed E-state index contributed by atoms with van der Waals surface area (Å²) < 4.78 is 70.4. The highest BCUT2D eigenvalue weighted by molar-refractivity contribution is 7.92. The van der Waals surface area contributed by atoms with Crippen molar-refractivity contribution in [1.29, 1.82) is 0 Å². The Bertz CT molecular complexity index is 2840. The summed E-state index contributed by atoms with van der Waals surface area (Å²) in [4.78, 5) is 36.3. The molecule has 2 N–H and O–H groups in total. The molecule has 0 aliphatic carbocycles. The maximum absolute atomic E-state index is 14.8. The summed E-state index contributed by atoms with van der Waals surface area (Å²) in [5.74, 6) is -1.39. The number of benzene rings is 4. The highest BCUT2D eigenvalue weighted by Gasteiger charge is 2.30. The van der Waals surface area contributed by atoms with Crippen molar-refractivity contribution in [2.75, 3.05) is 17.7 Å². The van der Waals surface area contributed by atoms with E-state index in [4.69, 9.17) is 26.1 Å². The molecule has 1 atom stereocenters. The highest BCUT2D eigenvalue weighted by atomic mass is 35.5. The summed E-state index contributed by atoms with van der Waals surface area (Å²) in [5, 5.41) is 17.2. The zero-order chi connectivity index (χ0) is 41.3. The maximum Gasteiger partial charge on any atom is 0.405 e.